The van der Waals surface area contributed by atoms with Gasteiger partial charge in [0, 0.05) is 47.0 Å². The molecule has 0 amide bonds. The Bertz CT molecular complexity index is 3150. The average molecular weight is 983 g/mol. The Balaban J connectivity index is 0.00000544. The van der Waals surface area contributed by atoms with Gasteiger partial charge in [0.25, 0.3) is 6.33 Å². The Hall–Kier alpha value is -5.84. The number of fused-ring (bicyclic) bond motifs is 4. The van der Waals surface area contributed by atoms with Gasteiger partial charge in [-0.3, -0.25) is 4.57 Å². The number of pyridine rings is 2. The molecule has 0 fully saturated rings. The van der Waals surface area contributed by atoms with Crippen molar-refractivity contribution in [1.29, 1.82) is 0 Å². The van der Waals surface area contributed by atoms with Crippen molar-refractivity contribution in [3.05, 3.63) is 169 Å². The van der Waals surface area contributed by atoms with Gasteiger partial charge in [-0.2, -0.15) is 6.07 Å². The van der Waals surface area contributed by atoms with Gasteiger partial charge in [-0.1, -0.05) is 141 Å². The molecule has 0 bridgehead atoms. The maximum atomic E-state index is 9.07. The van der Waals surface area contributed by atoms with Crippen LogP contribution >= 0.6 is 0 Å². The maximum Gasteiger partial charge on any atom is 0.268 e. The van der Waals surface area contributed by atoms with E-state index in [4.69, 9.17) is 12.5 Å². The molecule has 0 saturated heterocycles. The first-order chi connectivity index (χ1) is 29.4. The minimum absolute atomic E-state index is 0. The van der Waals surface area contributed by atoms with Crippen molar-refractivity contribution in [2.75, 3.05) is 0 Å². The Morgan fingerprint density at radius 3 is 2.18 bits per heavy atom. The average Bonchev–Trinajstić information content (AvgIpc) is 3.78. The second kappa shape index (κ2) is 15.9. The van der Waals surface area contributed by atoms with Crippen LogP contribution in [0.15, 0.2) is 134 Å². The predicted molar refractivity (Wildman–Crippen MR) is 244 cm³/mol. The summed E-state index contributed by atoms with van der Waals surface area (Å²) in [6.45, 7) is 19.1. The van der Waals surface area contributed by atoms with E-state index in [1.165, 1.54) is 11.1 Å². The quantitative estimate of drug-likeness (QED) is 0.118. The first kappa shape index (κ1) is 39.3. The molecule has 0 aliphatic heterocycles. The molecule has 5 aromatic carbocycles. The van der Waals surface area contributed by atoms with Crippen molar-refractivity contribution in [2.24, 2.45) is 5.41 Å². The topological polar surface area (TPSA) is 48.8 Å². The standard InChI is InChI=1S/C54H51N5O.Pt/c1-52(2,3)32-36-24-25-56-51(26-36)59-47-22-18-38(37-14-11-10-12-15-37)27-46(47)45-21-20-43(31-49(45)59)60-44-30-42(33-55-34-44)58-35-57(41-17-13-16-39(28-41)53(4,5)6)50-29-40(54(7,8)9)19-23-48(50)58;/h10-29,33-34H,32H2,1-9H3;/q-2;/i32D2;. The molecule has 0 aliphatic carbocycles. The van der Waals surface area contributed by atoms with Crippen LogP contribution in [0.5, 0.6) is 11.5 Å². The summed E-state index contributed by atoms with van der Waals surface area (Å²) < 4.78 is 30.9. The van der Waals surface area contributed by atoms with Gasteiger partial charge in [0.05, 0.1) is 16.7 Å². The van der Waals surface area contributed by atoms with E-state index >= 15 is 0 Å². The van der Waals surface area contributed by atoms with E-state index in [0.29, 0.717) is 28.6 Å². The van der Waals surface area contributed by atoms with Crippen LogP contribution < -0.4 is 9.30 Å². The van der Waals surface area contributed by atoms with Gasteiger partial charge in [-0.15, -0.1) is 23.6 Å². The summed E-state index contributed by atoms with van der Waals surface area (Å²) in [5, 5.41) is 1.99. The Morgan fingerprint density at radius 1 is 0.672 bits per heavy atom. The molecular formula is C54H51N5OPt-2. The number of ether oxygens (including phenoxy) is 1. The summed E-state index contributed by atoms with van der Waals surface area (Å²) in [5.41, 5.74) is 9.91. The third-order valence-electron chi connectivity index (χ3n) is 10.8. The van der Waals surface area contributed by atoms with E-state index in [2.05, 4.69) is 148 Å². The van der Waals surface area contributed by atoms with E-state index in [0.717, 1.165) is 49.7 Å². The number of hydrogen-bond acceptors (Lipinski definition) is 3. The van der Waals surface area contributed by atoms with Gasteiger partial charge >= 0.3 is 0 Å². The van der Waals surface area contributed by atoms with Gasteiger partial charge in [0.15, 0.2) is 0 Å². The second-order valence-corrected chi connectivity index (χ2v) is 18.7. The fourth-order valence-corrected chi connectivity index (χ4v) is 7.79. The van der Waals surface area contributed by atoms with Crippen LogP contribution in [0, 0.1) is 23.9 Å². The summed E-state index contributed by atoms with van der Waals surface area (Å²) in [7, 11) is 0. The second-order valence-electron chi connectivity index (χ2n) is 18.7. The number of rotatable bonds is 7. The Morgan fingerprint density at radius 2 is 1.43 bits per heavy atom. The normalized spacial score (nSPS) is 13.0. The molecular weight excluding hydrogens is 930 g/mol. The maximum absolute atomic E-state index is 9.07. The molecule has 4 heterocycles. The molecule has 7 heteroatoms. The molecule has 6 nitrogen and oxygen atoms in total. The molecule has 0 saturated carbocycles. The van der Waals surface area contributed by atoms with E-state index in [1.807, 2.05) is 60.2 Å². The van der Waals surface area contributed by atoms with Gasteiger partial charge in [0.1, 0.15) is 5.82 Å². The third-order valence-corrected chi connectivity index (χ3v) is 10.8. The summed E-state index contributed by atoms with van der Waals surface area (Å²) in [6.07, 6.45) is 7.16. The third kappa shape index (κ3) is 8.44. The molecule has 4 aromatic heterocycles. The van der Waals surface area contributed by atoms with Crippen molar-refractivity contribution in [3.63, 3.8) is 0 Å². The van der Waals surface area contributed by atoms with Crippen LogP contribution in [0.2, 0.25) is 0 Å². The summed E-state index contributed by atoms with van der Waals surface area (Å²) in [5.74, 6) is 1.50. The van der Waals surface area contributed by atoms with E-state index in [1.54, 1.807) is 24.7 Å². The Labute approximate surface area is 377 Å². The van der Waals surface area contributed by atoms with Crippen molar-refractivity contribution in [3.8, 4) is 39.8 Å². The van der Waals surface area contributed by atoms with E-state index in [-0.39, 0.29) is 31.9 Å². The fourth-order valence-electron chi connectivity index (χ4n) is 7.79. The molecule has 9 rings (SSSR count). The SMILES string of the molecule is [2H]C([2H])(c1ccnc(-n2c3[c-]c(Oc4[c-]c(-n5[c-][n+](-c6cccc(C(C)(C)C)c6)c6cc(C(C)(C)C)ccc65)cnc4)ccc3c3cc(-c4ccccc4)ccc32)c1)C(C)(C)C.[Pt]. The first-order valence-electron chi connectivity index (χ1n) is 21.6. The van der Waals surface area contributed by atoms with Crippen LogP contribution in [0.1, 0.15) is 81.7 Å². The number of nitrogens with zero attached hydrogens (tertiary/aromatic N) is 5. The number of hydrogen-bond donors (Lipinski definition) is 0. The van der Waals surface area contributed by atoms with Crippen LogP contribution in [-0.2, 0) is 38.3 Å². The van der Waals surface area contributed by atoms with E-state index < -0.39 is 11.8 Å². The molecule has 0 N–H and O–H groups in total. The van der Waals surface area contributed by atoms with Crippen molar-refractivity contribution >= 4 is 32.8 Å². The Kier molecular flexibility index (Phi) is 10.2. The van der Waals surface area contributed by atoms with E-state index in [9.17, 15) is 0 Å². The summed E-state index contributed by atoms with van der Waals surface area (Å²) >= 11 is 0. The zero-order valence-corrected chi connectivity index (χ0v) is 38.4. The summed E-state index contributed by atoms with van der Waals surface area (Å²) in [4.78, 5) is 9.44. The molecule has 310 valence electrons. The minimum Gasteiger partial charge on any atom is -0.508 e. The number of imidazole rings is 1. The predicted octanol–water partition coefficient (Wildman–Crippen LogP) is 12.8. The van der Waals surface area contributed by atoms with Crippen molar-refractivity contribution in [2.45, 2.75) is 79.5 Å². The monoisotopic (exact) mass is 982 g/mol. The van der Waals surface area contributed by atoms with Gasteiger partial charge in [0.2, 0.25) is 0 Å². The van der Waals surface area contributed by atoms with Crippen LogP contribution in [-0.4, -0.2) is 19.1 Å². The largest absolute Gasteiger partial charge is 0.508 e. The van der Waals surface area contributed by atoms with Gasteiger partial charge in [-0.05, 0) is 104 Å². The number of aromatic nitrogens is 5. The first-order valence-corrected chi connectivity index (χ1v) is 20.6. The van der Waals surface area contributed by atoms with Crippen LogP contribution in [0.4, 0.5) is 0 Å². The van der Waals surface area contributed by atoms with Gasteiger partial charge < -0.3 is 18.9 Å². The molecule has 9 aromatic rings. The molecule has 0 aliphatic rings. The van der Waals surface area contributed by atoms with Gasteiger partial charge in [-0.25, -0.2) is 4.98 Å². The molecule has 0 radical (unpaired) electrons. The van der Waals surface area contributed by atoms with Crippen LogP contribution in [0.25, 0.3) is 61.2 Å². The van der Waals surface area contributed by atoms with Crippen molar-refractivity contribution < 1.29 is 33.1 Å². The zero-order valence-electron chi connectivity index (χ0n) is 38.2. The minimum atomic E-state index is -1.61. The smallest absolute Gasteiger partial charge is 0.268 e. The molecule has 0 atom stereocenters. The molecule has 0 spiro atoms. The zero-order chi connectivity index (χ0) is 43.8. The molecule has 0 unspecified atom stereocenters. The molecule has 61 heavy (non-hydrogen) atoms. The van der Waals surface area contributed by atoms with Crippen molar-refractivity contribution in [1.82, 2.24) is 19.1 Å². The fraction of sp³-hybridized carbons (Fsp3) is 0.241. The van der Waals surface area contributed by atoms with Crippen LogP contribution in [0.3, 0.4) is 0 Å². The summed E-state index contributed by atoms with van der Waals surface area (Å²) in [6, 6.07) is 46.7. The number of benzene rings is 5.